The molecule has 106 valence electrons. The van der Waals surface area contributed by atoms with E-state index in [2.05, 4.69) is 15.3 Å². The number of furan rings is 1. The molecule has 0 bridgehead atoms. The molecule has 1 N–H and O–H groups in total. The van der Waals surface area contributed by atoms with Crippen molar-refractivity contribution in [1.29, 1.82) is 0 Å². The number of nitro groups is 1. The van der Waals surface area contributed by atoms with E-state index in [-0.39, 0.29) is 23.1 Å². The van der Waals surface area contributed by atoms with Gasteiger partial charge in [0.15, 0.2) is 11.5 Å². The van der Waals surface area contributed by atoms with E-state index >= 15 is 0 Å². The average Bonchev–Trinajstić information content (AvgIpc) is 2.89. The van der Waals surface area contributed by atoms with Crippen LogP contribution < -0.4 is 5.32 Å². The number of nitrogens with one attached hydrogen (secondary N) is 1. The van der Waals surface area contributed by atoms with Gasteiger partial charge in [0.25, 0.3) is 0 Å². The summed E-state index contributed by atoms with van der Waals surface area (Å²) in [4.78, 5) is 18.3. The van der Waals surface area contributed by atoms with Crippen molar-refractivity contribution >= 4 is 22.6 Å². The number of aromatic nitrogens is 2. The van der Waals surface area contributed by atoms with E-state index in [1.807, 2.05) is 0 Å². The molecule has 0 unspecified atom stereocenters. The Bertz CT molecular complexity index is 847. The van der Waals surface area contributed by atoms with Crippen molar-refractivity contribution in [3.63, 3.8) is 0 Å². The predicted molar refractivity (Wildman–Crippen MR) is 73.4 cm³/mol. The summed E-state index contributed by atoms with van der Waals surface area (Å²) in [6.45, 7) is 0. The maximum atomic E-state index is 13.2. The van der Waals surface area contributed by atoms with Crippen LogP contribution >= 0.6 is 0 Å². The molecule has 0 spiro atoms. The van der Waals surface area contributed by atoms with Gasteiger partial charge in [-0.25, -0.2) is 14.4 Å². The fourth-order valence-electron chi connectivity index (χ4n) is 1.94. The fourth-order valence-corrected chi connectivity index (χ4v) is 1.94. The highest BCUT2D eigenvalue weighted by Gasteiger charge is 2.22. The lowest BCUT2D eigenvalue weighted by Gasteiger charge is -2.01. The zero-order chi connectivity index (χ0) is 15.0. The number of rotatable bonds is 3. The van der Waals surface area contributed by atoms with E-state index in [9.17, 15) is 14.5 Å². The van der Waals surface area contributed by atoms with Crippen LogP contribution in [0.3, 0.4) is 0 Å². The Morgan fingerprint density at radius 3 is 2.90 bits per heavy atom. The number of nitrogens with zero attached hydrogens (tertiary/aromatic N) is 3. The number of benzene rings is 1. The third-order valence-corrected chi connectivity index (χ3v) is 2.90. The summed E-state index contributed by atoms with van der Waals surface area (Å²) < 4.78 is 18.7. The minimum absolute atomic E-state index is 0.0379. The Hall–Kier alpha value is -3.03. The summed E-state index contributed by atoms with van der Waals surface area (Å²) in [5.41, 5.74) is 0.176. The van der Waals surface area contributed by atoms with E-state index in [1.165, 1.54) is 24.3 Å². The Balaban J connectivity index is 2.22. The number of anilines is 1. The number of hydrogen-bond donors (Lipinski definition) is 1. The molecule has 21 heavy (non-hydrogen) atoms. The minimum atomic E-state index is -0.595. The van der Waals surface area contributed by atoms with Gasteiger partial charge in [-0.15, -0.1) is 0 Å². The third-order valence-electron chi connectivity index (χ3n) is 2.90. The number of fused-ring (bicyclic) bond motifs is 1. The highest BCUT2D eigenvalue weighted by Crippen LogP contribution is 2.32. The topological polar surface area (TPSA) is 94.1 Å². The quantitative estimate of drug-likeness (QED) is 0.588. The van der Waals surface area contributed by atoms with Crippen LogP contribution in [0.25, 0.3) is 22.4 Å². The van der Waals surface area contributed by atoms with Crippen LogP contribution in [0.15, 0.2) is 34.9 Å². The maximum absolute atomic E-state index is 13.2. The van der Waals surface area contributed by atoms with Gasteiger partial charge in [0.2, 0.25) is 5.95 Å². The lowest BCUT2D eigenvalue weighted by Crippen LogP contribution is -2.01. The highest BCUT2D eigenvalue weighted by atomic mass is 19.1. The van der Waals surface area contributed by atoms with E-state index < -0.39 is 10.7 Å². The van der Waals surface area contributed by atoms with Crippen LogP contribution in [0.1, 0.15) is 0 Å². The highest BCUT2D eigenvalue weighted by molar-refractivity contribution is 5.83. The summed E-state index contributed by atoms with van der Waals surface area (Å²) in [6.07, 6.45) is 1.10. The SMILES string of the molecule is CNc1ncc([N+](=O)[O-])c(-c2cc3cc(F)ccc3o2)n1. The van der Waals surface area contributed by atoms with Gasteiger partial charge in [-0.3, -0.25) is 10.1 Å². The third kappa shape index (κ3) is 2.27. The monoisotopic (exact) mass is 288 g/mol. The van der Waals surface area contributed by atoms with Crippen molar-refractivity contribution in [3.8, 4) is 11.5 Å². The molecular weight excluding hydrogens is 279 g/mol. The molecule has 1 aromatic carbocycles. The first-order valence-electron chi connectivity index (χ1n) is 5.97. The number of hydrogen-bond acceptors (Lipinski definition) is 6. The van der Waals surface area contributed by atoms with Crippen molar-refractivity contribution in [2.75, 3.05) is 12.4 Å². The molecular formula is C13H9FN4O3. The van der Waals surface area contributed by atoms with Crippen molar-refractivity contribution in [2.45, 2.75) is 0 Å². The molecule has 0 aliphatic heterocycles. The Morgan fingerprint density at radius 2 is 2.19 bits per heavy atom. The molecule has 2 heterocycles. The minimum Gasteiger partial charge on any atom is -0.454 e. The van der Waals surface area contributed by atoms with E-state index in [4.69, 9.17) is 4.42 Å². The Kier molecular flexibility index (Phi) is 2.98. The molecule has 0 saturated heterocycles. The maximum Gasteiger partial charge on any atom is 0.317 e. The molecule has 3 aromatic rings. The lowest BCUT2D eigenvalue weighted by atomic mass is 10.2. The Morgan fingerprint density at radius 1 is 1.38 bits per heavy atom. The van der Waals surface area contributed by atoms with Gasteiger partial charge in [-0.05, 0) is 24.3 Å². The summed E-state index contributed by atoms with van der Waals surface area (Å²) >= 11 is 0. The summed E-state index contributed by atoms with van der Waals surface area (Å²) in [7, 11) is 1.60. The number of halogens is 1. The average molecular weight is 288 g/mol. The lowest BCUT2D eigenvalue weighted by molar-refractivity contribution is -0.384. The molecule has 0 amide bonds. The van der Waals surface area contributed by atoms with Gasteiger partial charge in [-0.1, -0.05) is 0 Å². The molecule has 2 aromatic heterocycles. The normalized spacial score (nSPS) is 10.8. The molecule has 0 aliphatic carbocycles. The molecule has 0 saturated carbocycles. The van der Waals surface area contributed by atoms with Crippen LogP contribution in [0.5, 0.6) is 0 Å². The Labute approximate surface area is 117 Å². The largest absolute Gasteiger partial charge is 0.454 e. The first-order valence-corrected chi connectivity index (χ1v) is 5.97. The van der Waals surface area contributed by atoms with Gasteiger partial charge in [0.05, 0.1) is 4.92 Å². The zero-order valence-electron chi connectivity index (χ0n) is 10.8. The zero-order valence-corrected chi connectivity index (χ0v) is 10.8. The van der Waals surface area contributed by atoms with Crippen LogP contribution in [0, 0.1) is 15.9 Å². The molecule has 3 rings (SSSR count). The van der Waals surface area contributed by atoms with Gasteiger partial charge in [0, 0.05) is 12.4 Å². The first kappa shape index (κ1) is 13.0. The molecule has 0 radical (unpaired) electrons. The van der Waals surface area contributed by atoms with Crippen molar-refractivity contribution < 1.29 is 13.7 Å². The second-order valence-electron chi connectivity index (χ2n) is 4.23. The smallest absolute Gasteiger partial charge is 0.317 e. The summed E-state index contributed by atoms with van der Waals surface area (Å²) in [6, 6.07) is 5.50. The second-order valence-corrected chi connectivity index (χ2v) is 4.23. The van der Waals surface area contributed by atoms with E-state index in [1.54, 1.807) is 7.05 Å². The van der Waals surface area contributed by atoms with E-state index in [0.29, 0.717) is 11.0 Å². The van der Waals surface area contributed by atoms with Crippen molar-refractivity contribution in [3.05, 3.63) is 46.4 Å². The van der Waals surface area contributed by atoms with Gasteiger partial charge >= 0.3 is 5.69 Å². The molecule has 0 aliphatic rings. The van der Waals surface area contributed by atoms with Crippen LogP contribution in [-0.4, -0.2) is 21.9 Å². The molecule has 0 fully saturated rings. The van der Waals surface area contributed by atoms with Crippen LogP contribution in [0.4, 0.5) is 16.0 Å². The standard InChI is InChI=1S/C13H9FN4O3/c1-15-13-16-6-9(18(19)20)12(17-13)11-5-7-4-8(14)2-3-10(7)21-11/h2-6H,1H3,(H,15,16,17). The van der Waals surface area contributed by atoms with Crippen molar-refractivity contribution in [2.24, 2.45) is 0 Å². The van der Waals surface area contributed by atoms with Crippen molar-refractivity contribution in [1.82, 2.24) is 9.97 Å². The van der Waals surface area contributed by atoms with Gasteiger partial charge in [-0.2, -0.15) is 0 Å². The fraction of sp³-hybridized carbons (Fsp3) is 0.0769. The van der Waals surface area contributed by atoms with Gasteiger partial charge < -0.3 is 9.73 Å². The van der Waals surface area contributed by atoms with Crippen LogP contribution in [-0.2, 0) is 0 Å². The van der Waals surface area contributed by atoms with Crippen LogP contribution in [0.2, 0.25) is 0 Å². The predicted octanol–water partition coefficient (Wildman–Crippen LogP) is 2.98. The summed E-state index contributed by atoms with van der Waals surface area (Å²) in [5, 5.41) is 14.3. The van der Waals surface area contributed by atoms with E-state index in [0.717, 1.165) is 6.20 Å². The molecule has 0 atom stereocenters. The second kappa shape index (κ2) is 4.82. The molecule has 7 nitrogen and oxygen atoms in total. The molecule has 8 heteroatoms. The van der Waals surface area contributed by atoms with Gasteiger partial charge in [0.1, 0.15) is 17.6 Å². The first-order chi connectivity index (χ1) is 10.1. The summed E-state index contributed by atoms with van der Waals surface area (Å²) in [5.74, 6) is -0.00797.